The lowest BCUT2D eigenvalue weighted by Crippen LogP contribution is -2.54. The van der Waals surface area contributed by atoms with Gasteiger partial charge in [-0.3, -0.25) is 9.69 Å². The first kappa shape index (κ1) is 16.6. The third kappa shape index (κ3) is 3.79. The van der Waals surface area contributed by atoms with Gasteiger partial charge < -0.3 is 15.4 Å². The minimum Gasteiger partial charge on any atom is -0.399 e. The van der Waals surface area contributed by atoms with Gasteiger partial charge in [0.1, 0.15) is 0 Å². The zero-order chi connectivity index (χ0) is 16.4. The number of nitrogens with two attached hydrogens (primary N) is 1. The van der Waals surface area contributed by atoms with Crippen LogP contribution in [0.15, 0.2) is 18.2 Å². The Kier molecular flexibility index (Phi) is 5.09. The van der Waals surface area contributed by atoms with E-state index in [4.69, 9.17) is 22.1 Å². The second kappa shape index (κ2) is 7.07. The van der Waals surface area contributed by atoms with E-state index in [0.29, 0.717) is 22.2 Å². The average molecular weight is 338 g/mol. The maximum absolute atomic E-state index is 12.8. The molecule has 2 aliphatic rings. The third-order valence-corrected chi connectivity index (χ3v) is 5.05. The fraction of sp³-hybridized carbons (Fsp3) is 0.588. The Balaban J connectivity index is 1.62. The van der Waals surface area contributed by atoms with E-state index in [2.05, 4.69) is 11.8 Å². The Morgan fingerprint density at radius 3 is 2.91 bits per heavy atom. The van der Waals surface area contributed by atoms with Crippen LogP contribution in [0.5, 0.6) is 0 Å². The van der Waals surface area contributed by atoms with E-state index in [-0.39, 0.29) is 11.9 Å². The van der Waals surface area contributed by atoms with Gasteiger partial charge in [0.05, 0.1) is 17.2 Å². The highest BCUT2D eigenvalue weighted by molar-refractivity contribution is 6.34. The summed E-state index contributed by atoms with van der Waals surface area (Å²) in [6.45, 7) is 7.45. The molecule has 0 aliphatic carbocycles. The van der Waals surface area contributed by atoms with Crippen molar-refractivity contribution in [1.82, 2.24) is 9.80 Å². The molecule has 0 aromatic heterocycles. The number of ether oxygens (including phenoxy) is 1. The van der Waals surface area contributed by atoms with Crippen molar-refractivity contribution in [3.8, 4) is 0 Å². The summed E-state index contributed by atoms with van der Waals surface area (Å²) in [6.07, 6.45) is 1.15. The molecule has 2 fully saturated rings. The second-order valence-electron chi connectivity index (χ2n) is 6.58. The normalized spacial score (nSPS) is 25.7. The Morgan fingerprint density at radius 1 is 1.43 bits per heavy atom. The Labute approximate surface area is 142 Å². The van der Waals surface area contributed by atoms with Crippen LogP contribution < -0.4 is 5.73 Å². The number of amides is 1. The van der Waals surface area contributed by atoms with Crippen LogP contribution in [0.1, 0.15) is 23.7 Å². The smallest absolute Gasteiger partial charge is 0.255 e. The number of carbonyl (C=O) groups excluding carboxylic acids is 1. The lowest BCUT2D eigenvalue weighted by molar-refractivity contribution is 0.0453. The van der Waals surface area contributed by atoms with Crippen LogP contribution in [0.3, 0.4) is 0 Å². The summed E-state index contributed by atoms with van der Waals surface area (Å²) in [5.74, 6) is 0.627. The molecule has 0 saturated carbocycles. The van der Waals surface area contributed by atoms with Crippen molar-refractivity contribution >= 4 is 23.2 Å². The van der Waals surface area contributed by atoms with Crippen LogP contribution >= 0.6 is 11.6 Å². The zero-order valence-corrected chi connectivity index (χ0v) is 14.3. The molecule has 1 amide bonds. The molecule has 2 atom stereocenters. The van der Waals surface area contributed by atoms with Gasteiger partial charge in [0.2, 0.25) is 0 Å². The van der Waals surface area contributed by atoms with Gasteiger partial charge in [-0.15, -0.1) is 0 Å². The Morgan fingerprint density at radius 2 is 2.26 bits per heavy atom. The molecule has 2 heterocycles. The number of carbonyl (C=O) groups is 1. The monoisotopic (exact) mass is 337 g/mol. The fourth-order valence-electron chi connectivity index (χ4n) is 3.45. The lowest BCUT2D eigenvalue weighted by atomic mass is 10.1. The zero-order valence-electron chi connectivity index (χ0n) is 13.5. The molecular weight excluding hydrogens is 314 g/mol. The van der Waals surface area contributed by atoms with Crippen molar-refractivity contribution in [2.45, 2.75) is 19.4 Å². The molecule has 6 heteroatoms. The van der Waals surface area contributed by atoms with Gasteiger partial charge in [-0.1, -0.05) is 11.6 Å². The van der Waals surface area contributed by atoms with Gasteiger partial charge in [0.15, 0.2) is 0 Å². The molecule has 1 aromatic carbocycles. The molecule has 0 radical (unpaired) electrons. The summed E-state index contributed by atoms with van der Waals surface area (Å²) >= 11 is 6.18. The summed E-state index contributed by atoms with van der Waals surface area (Å²) < 4.78 is 5.45. The van der Waals surface area contributed by atoms with Crippen LogP contribution in [0.2, 0.25) is 5.02 Å². The van der Waals surface area contributed by atoms with Crippen LogP contribution in [0.25, 0.3) is 0 Å². The highest BCUT2D eigenvalue weighted by atomic mass is 35.5. The minimum absolute atomic E-state index is 0.00801. The number of anilines is 1. The summed E-state index contributed by atoms with van der Waals surface area (Å²) in [6, 6.07) is 5.25. The first-order valence-corrected chi connectivity index (χ1v) is 8.58. The van der Waals surface area contributed by atoms with Gasteiger partial charge in [-0.05, 0) is 37.5 Å². The number of halogens is 1. The predicted octanol–water partition coefficient (Wildman–Crippen LogP) is 2.10. The molecule has 2 aliphatic heterocycles. The van der Waals surface area contributed by atoms with E-state index in [1.807, 2.05) is 4.90 Å². The number of hydrogen-bond donors (Lipinski definition) is 1. The molecule has 2 N–H and O–H groups in total. The first-order valence-electron chi connectivity index (χ1n) is 8.20. The number of rotatable bonds is 3. The lowest BCUT2D eigenvalue weighted by Gasteiger charge is -2.40. The van der Waals surface area contributed by atoms with Crippen molar-refractivity contribution in [2.24, 2.45) is 5.92 Å². The molecule has 3 rings (SSSR count). The summed E-state index contributed by atoms with van der Waals surface area (Å²) in [7, 11) is 0. The Bertz CT molecular complexity index is 575. The number of benzene rings is 1. The van der Waals surface area contributed by atoms with Crippen LogP contribution in [0.4, 0.5) is 5.69 Å². The van der Waals surface area contributed by atoms with Crippen molar-refractivity contribution in [2.75, 3.05) is 45.1 Å². The van der Waals surface area contributed by atoms with E-state index in [1.165, 1.54) is 0 Å². The van der Waals surface area contributed by atoms with Gasteiger partial charge in [0.25, 0.3) is 5.91 Å². The van der Waals surface area contributed by atoms with Crippen molar-refractivity contribution in [1.29, 1.82) is 0 Å². The van der Waals surface area contributed by atoms with Gasteiger partial charge >= 0.3 is 0 Å². The number of nitrogens with zero attached hydrogens (tertiary/aromatic N) is 2. The quantitative estimate of drug-likeness (QED) is 0.858. The number of hydrogen-bond acceptors (Lipinski definition) is 4. The van der Waals surface area contributed by atoms with E-state index in [9.17, 15) is 4.79 Å². The van der Waals surface area contributed by atoms with E-state index < -0.39 is 0 Å². The van der Waals surface area contributed by atoms with Crippen molar-refractivity contribution in [3.05, 3.63) is 28.8 Å². The van der Waals surface area contributed by atoms with E-state index in [1.54, 1.807) is 18.2 Å². The Hall–Kier alpha value is -1.30. The first-order chi connectivity index (χ1) is 11.0. The summed E-state index contributed by atoms with van der Waals surface area (Å²) in [4.78, 5) is 17.1. The molecule has 1 aromatic rings. The highest BCUT2D eigenvalue weighted by Crippen LogP contribution is 2.23. The molecule has 126 valence electrons. The summed E-state index contributed by atoms with van der Waals surface area (Å²) in [5.41, 5.74) is 6.81. The second-order valence-corrected chi connectivity index (χ2v) is 6.98. The molecule has 23 heavy (non-hydrogen) atoms. The van der Waals surface area contributed by atoms with E-state index >= 15 is 0 Å². The topological polar surface area (TPSA) is 58.8 Å². The molecule has 0 spiro atoms. The maximum atomic E-state index is 12.8. The number of piperazine rings is 1. The minimum atomic E-state index is -0.00801. The van der Waals surface area contributed by atoms with Crippen LogP contribution in [-0.2, 0) is 4.74 Å². The highest BCUT2D eigenvalue weighted by Gasteiger charge is 2.30. The van der Waals surface area contributed by atoms with Crippen molar-refractivity contribution < 1.29 is 9.53 Å². The largest absolute Gasteiger partial charge is 0.399 e. The molecule has 2 saturated heterocycles. The number of nitrogen functional groups attached to an aromatic ring is 1. The third-order valence-electron chi connectivity index (χ3n) is 4.74. The standard InChI is InChI=1S/C17H24ClN3O2/c1-12-9-20(10-13-4-7-23-11-13)5-6-21(12)17(22)15-3-2-14(19)8-16(15)18/h2-3,8,12-13H,4-7,9-11,19H2,1H3/t12-,13?/m0/s1. The summed E-state index contributed by atoms with van der Waals surface area (Å²) in [5, 5.41) is 0.424. The van der Waals surface area contributed by atoms with Crippen molar-refractivity contribution in [3.63, 3.8) is 0 Å². The van der Waals surface area contributed by atoms with E-state index in [0.717, 1.165) is 45.8 Å². The molecule has 0 bridgehead atoms. The molecule has 1 unspecified atom stereocenters. The SMILES string of the molecule is C[C@H]1CN(CC2CCOC2)CCN1C(=O)c1ccc(N)cc1Cl. The molecule has 5 nitrogen and oxygen atoms in total. The fourth-order valence-corrected chi connectivity index (χ4v) is 3.72. The van der Waals surface area contributed by atoms with Crippen LogP contribution in [0, 0.1) is 5.92 Å². The predicted molar refractivity (Wildman–Crippen MR) is 91.7 cm³/mol. The van der Waals surface area contributed by atoms with Gasteiger partial charge in [-0.25, -0.2) is 0 Å². The van der Waals surface area contributed by atoms with Gasteiger partial charge in [0, 0.05) is 44.5 Å². The average Bonchev–Trinajstić information content (AvgIpc) is 3.00. The van der Waals surface area contributed by atoms with Gasteiger partial charge in [-0.2, -0.15) is 0 Å². The van der Waals surface area contributed by atoms with Crippen LogP contribution in [-0.4, -0.2) is 61.1 Å². The molecular formula is C17H24ClN3O2. The maximum Gasteiger partial charge on any atom is 0.255 e.